The fourth-order valence-electron chi connectivity index (χ4n) is 0.665. The van der Waals surface area contributed by atoms with Crippen LogP contribution in [0.5, 0.6) is 0 Å². The second-order valence-electron chi connectivity index (χ2n) is 2.16. The van der Waals surface area contributed by atoms with Gasteiger partial charge in [0.15, 0.2) is 6.33 Å². The molecule has 0 aliphatic heterocycles. The van der Waals surface area contributed by atoms with Gasteiger partial charge >= 0.3 is 5.97 Å². The van der Waals surface area contributed by atoms with Gasteiger partial charge in [-0.25, -0.2) is 0 Å². The van der Waals surface area contributed by atoms with E-state index in [0.29, 0.717) is 19.0 Å². The molecule has 0 fully saturated rings. The summed E-state index contributed by atoms with van der Waals surface area (Å²) in [4.78, 5) is 13.8. The van der Waals surface area contributed by atoms with E-state index in [2.05, 4.69) is 20.0 Å². The molecular formula is C6H9N3O3. The Balaban J connectivity index is 2.07. The zero-order valence-electron chi connectivity index (χ0n) is 6.36. The number of hydrogen-bond acceptors (Lipinski definition) is 5. The van der Waals surface area contributed by atoms with Crippen molar-refractivity contribution in [1.29, 1.82) is 0 Å². The number of carbonyl (C=O) groups is 1. The molecule has 0 aliphatic rings. The highest BCUT2D eigenvalue weighted by Gasteiger charge is 1.99. The van der Waals surface area contributed by atoms with Crippen molar-refractivity contribution in [3.05, 3.63) is 12.2 Å². The van der Waals surface area contributed by atoms with Gasteiger partial charge in [0.2, 0.25) is 5.89 Å². The van der Waals surface area contributed by atoms with Crippen LogP contribution in [0.2, 0.25) is 0 Å². The van der Waals surface area contributed by atoms with Gasteiger partial charge in [-0.1, -0.05) is 5.16 Å². The maximum absolute atomic E-state index is 10.1. The van der Waals surface area contributed by atoms with Gasteiger partial charge in [-0.2, -0.15) is 4.98 Å². The van der Waals surface area contributed by atoms with Gasteiger partial charge in [-0.3, -0.25) is 4.79 Å². The Morgan fingerprint density at radius 1 is 1.75 bits per heavy atom. The summed E-state index contributed by atoms with van der Waals surface area (Å²) in [5, 5.41) is 14.5. The Hall–Kier alpha value is -1.43. The summed E-state index contributed by atoms with van der Waals surface area (Å²) < 4.78 is 4.67. The molecule has 0 aliphatic carbocycles. The van der Waals surface area contributed by atoms with Crippen LogP contribution < -0.4 is 5.32 Å². The third kappa shape index (κ3) is 3.11. The summed E-state index contributed by atoms with van der Waals surface area (Å²) in [5.74, 6) is -0.367. The van der Waals surface area contributed by atoms with E-state index in [-0.39, 0.29) is 6.42 Å². The standard InChI is InChI=1S/C6H9N3O3/c10-6(11)1-2-7-3-5-8-4-9-12-5/h4,7H,1-3H2,(H,10,11). The lowest BCUT2D eigenvalue weighted by atomic mass is 10.4. The highest BCUT2D eigenvalue weighted by atomic mass is 16.5. The normalized spacial score (nSPS) is 10.0. The highest BCUT2D eigenvalue weighted by molar-refractivity contribution is 5.66. The number of rotatable bonds is 5. The predicted octanol–water partition coefficient (Wildman–Crippen LogP) is -0.366. The molecule has 0 saturated heterocycles. The maximum atomic E-state index is 10.1. The van der Waals surface area contributed by atoms with Gasteiger partial charge in [0.05, 0.1) is 13.0 Å². The monoisotopic (exact) mass is 171 g/mol. The molecule has 0 saturated carbocycles. The van der Waals surface area contributed by atoms with Crippen molar-refractivity contribution < 1.29 is 14.4 Å². The van der Waals surface area contributed by atoms with Crippen LogP contribution in [-0.4, -0.2) is 27.8 Å². The number of aromatic nitrogens is 2. The first-order valence-corrected chi connectivity index (χ1v) is 3.47. The zero-order chi connectivity index (χ0) is 8.81. The topological polar surface area (TPSA) is 88.2 Å². The van der Waals surface area contributed by atoms with Gasteiger partial charge < -0.3 is 14.9 Å². The van der Waals surface area contributed by atoms with Crippen LogP contribution in [0.15, 0.2) is 10.9 Å². The summed E-state index contributed by atoms with van der Waals surface area (Å²) in [6.45, 7) is 0.811. The molecular weight excluding hydrogens is 162 g/mol. The number of hydrogen-bond donors (Lipinski definition) is 2. The first kappa shape index (κ1) is 8.66. The van der Waals surface area contributed by atoms with E-state index in [1.54, 1.807) is 0 Å². The van der Waals surface area contributed by atoms with Crippen LogP contribution in [-0.2, 0) is 11.3 Å². The van der Waals surface area contributed by atoms with Crippen LogP contribution in [0.25, 0.3) is 0 Å². The number of nitrogens with one attached hydrogen (secondary N) is 1. The van der Waals surface area contributed by atoms with E-state index >= 15 is 0 Å². The zero-order valence-corrected chi connectivity index (χ0v) is 6.36. The molecule has 6 heteroatoms. The molecule has 0 spiro atoms. The average Bonchev–Trinajstić information content (AvgIpc) is 2.49. The summed E-state index contributed by atoms with van der Waals surface area (Å²) in [5.41, 5.74) is 0. The first-order chi connectivity index (χ1) is 5.79. The molecule has 66 valence electrons. The Bertz CT molecular complexity index is 234. The maximum Gasteiger partial charge on any atom is 0.304 e. The predicted molar refractivity (Wildman–Crippen MR) is 38.3 cm³/mol. The van der Waals surface area contributed by atoms with E-state index in [0.717, 1.165) is 0 Å². The molecule has 12 heavy (non-hydrogen) atoms. The highest BCUT2D eigenvalue weighted by Crippen LogP contribution is 1.88. The fourth-order valence-corrected chi connectivity index (χ4v) is 0.665. The van der Waals surface area contributed by atoms with Crippen LogP contribution in [0.1, 0.15) is 12.3 Å². The quantitative estimate of drug-likeness (QED) is 0.588. The van der Waals surface area contributed by atoms with Gasteiger partial charge in [0.1, 0.15) is 0 Å². The third-order valence-corrected chi connectivity index (χ3v) is 1.20. The molecule has 0 atom stereocenters. The molecule has 1 heterocycles. The summed E-state index contributed by atoms with van der Waals surface area (Å²) in [6, 6.07) is 0. The van der Waals surface area contributed by atoms with E-state index in [9.17, 15) is 4.79 Å². The van der Waals surface area contributed by atoms with Crippen molar-refractivity contribution in [3.63, 3.8) is 0 Å². The van der Waals surface area contributed by atoms with E-state index in [4.69, 9.17) is 5.11 Å². The number of aliphatic carboxylic acids is 1. The second-order valence-corrected chi connectivity index (χ2v) is 2.16. The number of nitrogens with zero attached hydrogens (tertiary/aromatic N) is 2. The van der Waals surface area contributed by atoms with Crippen LogP contribution in [0.4, 0.5) is 0 Å². The van der Waals surface area contributed by atoms with Crippen LogP contribution in [0, 0.1) is 0 Å². The molecule has 0 aromatic carbocycles. The van der Waals surface area contributed by atoms with Gasteiger partial charge in [-0.15, -0.1) is 0 Å². The smallest absolute Gasteiger partial charge is 0.304 e. The fraction of sp³-hybridized carbons (Fsp3) is 0.500. The molecule has 0 unspecified atom stereocenters. The number of carboxylic acids is 1. The molecule has 1 rings (SSSR count). The molecule has 0 amide bonds. The van der Waals surface area contributed by atoms with Crippen molar-refractivity contribution in [2.45, 2.75) is 13.0 Å². The lowest BCUT2D eigenvalue weighted by Gasteiger charge is -1.96. The minimum Gasteiger partial charge on any atom is -0.481 e. The lowest BCUT2D eigenvalue weighted by Crippen LogP contribution is -2.17. The van der Waals surface area contributed by atoms with Crippen molar-refractivity contribution in [2.24, 2.45) is 0 Å². The molecule has 1 aromatic heterocycles. The number of carboxylic acid groups (broad SMARTS) is 1. The largest absolute Gasteiger partial charge is 0.481 e. The molecule has 0 radical (unpaired) electrons. The van der Waals surface area contributed by atoms with Gasteiger partial charge in [-0.05, 0) is 0 Å². The third-order valence-electron chi connectivity index (χ3n) is 1.20. The molecule has 0 bridgehead atoms. The summed E-state index contributed by atoms with van der Waals surface area (Å²) in [7, 11) is 0. The van der Waals surface area contributed by atoms with Crippen LogP contribution >= 0.6 is 0 Å². The second kappa shape index (κ2) is 4.45. The minimum absolute atomic E-state index is 0.0914. The molecule has 6 nitrogen and oxygen atoms in total. The Labute approximate surface area is 68.6 Å². The van der Waals surface area contributed by atoms with Crippen molar-refractivity contribution in [3.8, 4) is 0 Å². The summed E-state index contributed by atoms with van der Waals surface area (Å²) in [6.07, 6.45) is 1.39. The molecule has 2 N–H and O–H groups in total. The Morgan fingerprint density at radius 2 is 2.58 bits per heavy atom. The van der Waals surface area contributed by atoms with Gasteiger partial charge in [0.25, 0.3) is 0 Å². The first-order valence-electron chi connectivity index (χ1n) is 3.47. The van der Waals surface area contributed by atoms with E-state index in [1.807, 2.05) is 0 Å². The lowest BCUT2D eigenvalue weighted by molar-refractivity contribution is -0.136. The summed E-state index contributed by atoms with van der Waals surface area (Å²) >= 11 is 0. The average molecular weight is 171 g/mol. The Morgan fingerprint density at radius 3 is 3.17 bits per heavy atom. The van der Waals surface area contributed by atoms with E-state index < -0.39 is 5.97 Å². The van der Waals surface area contributed by atoms with Crippen LogP contribution in [0.3, 0.4) is 0 Å². The Kier molecular flexibility index (Phi) is 3.21. The van der Waals surface area contributed by atoms with Crippen molar-refractivity contribution in [1.82, 2.24) is 15.5 Å². The molecule has 1 aromatic rings. The van der Waals surface area contributed by atoms with Gasteiger partial charge in [0, 0.05) is 6.54 Å². The van der Waals surface area contributed by atoms with E-state index in [1.165, 1.54) is 6.33 Å². The SMILES string of the molecule is O=C(O)CCNCc1ncno1. The minimum atomic E-state index is -0.826. The van der Waals surface area contributed by atoms with Crippen molar-refractivity contribution >= 4 is 5.97 Å². The van der Waals surface area contributed by atoms with Crippen molar-refractivity contribution in [2.75, 3.05) is 6.54 Å².